The maximum absolute atomic E-state index is 13.1. The van der Waals surface area contributed by atoms with Crippen LogP contribution in [0.2, 0.25) is 0 Å². The highest BCUT2D eigenvalue weighted by Gasteiger charge is 2.34. The first kappa shape index (κ1) is 17.0. The maximum atomic E-state index is 13.1. The van der Waals surface area contributed by atoms with E-state index in [1.165, 1.54) is 10.2 Å². The van der Waals surface area contributed by atoms with Gasteiger partial charge in [0.05, 0.1) is 16.5 Å². The van der Waals surface area contributed by atoms with Gasteiger partial charge >= 0.3 is 0 Å². The molecule has 1 aliphatic carbocycles. The third kappa shape index (κ3) is 2.66. The van der Waals surface area contributed by atoms with Gasteiger partial charge in [0.15, 0.2) is 0 Å². The van der Waals surface area contributed by atoms with Crippen molar-refractivity contribution in [2.45, 2.75) is 30.3 Å². The van der Waals surface area contributed by atoms with Crippen molar-refractivity contribution in [2.24, 2.45) is 5.92 Å². The lowest BCUT2D eigenvalue weighted by Gasteiger charge is -2.15. The molecule has 0 bridgehead atoms. The molecule has 4 rings (SSSR count). The highest BCUT2D eigenvalue weighted by atomic mass is 32.2. The van der Waals surface area contributed by atoms with Gasteiger partial charge < -0.3 is 5.11 Å². The summed E-state index contributed by atoms with van der Waals surface area (Å²) in [7, 11) is -3.79. The average molecular weight is 369 g/mol. The first-order chi connectivity index (χ1) is 12.5. The van der Waals surface area contributed by atoms with E-state index in [1.807, 2.05) is 0 Å². The molecule has 5 nitrogen and oxygen atoms in total. The Balaban J connectivity index is 1.89. The Morgan fingerprint density at radius 2 is 1.73 bits per heavy atom. The number of fused-ring (bicyclic) bond motifs is 1. The van der Waals surface area contributed by atoms with Crippen LogP contribution in [0.1, 0.15) is 30.9 Å². The molecule has 0 amide bonds. The molecule has 6 heteroatoms. The molecule has 1 fully saturated rings. The number of nitrogens with zero attached hydrogens (tertiary/aromatic N) is 1. The molecular weight excluding hydrogens is 350 g/mol. The monoisotopic (exact) mass is 369 g/mol. The van der Waals surface area contributed by atoms with E-state index in [0.717, 1.165) is 6.42 Å². The Bertz CT molecular complexity index is 1070. The van der Waals surface area contributed by atoms with Gasteiger partial charge in [-0.25, -0.2) is 12.4 Å². The molecule has 1 N–H and O–H groups in total. The maximum Gasteiger partial charge on any atom is 0.268 e. The second-order valence-corrected chi connectivity index (χ2v) is 8.44. The van der Waals surface area contributed by atoms with Crippen LogP contribution in [0.15, 0.2) is 65.7 Å². The number of aliphatic hydroxyl groups excluding tert-OH is 1. The molecule has 0 saturated heterocycles. The van der Waals surface area contributed by atoms with Gasteiger partial charge in [-0.2, -0.15) is 0 Å². The summed E-state index contributed by atoms with van der Waals surface area (Å²) in [6, 6.07) is 15.2. The van der Waals surface area contributed by atoms with Gasteiger partial charge in [-0.3, -0.25) is 4.79 Å². The summed E-state index contributed by atoms with van der Waals surface area (Å²) in [5, 5.41) is 11.5. The number of hydrogen-bond acceptors (Lipinski definition) is 4. The molecule has 0 unspecified atom stereocenters. The Hall–Kier alpha value is -2.44. The molecular formula is C20H19NO4S. The van der Waals surface area contributed by atoms with Gasteiger partial charge in [-0.05, 0) is 31.0 Å². The Morgan fingerprint density at radius 3 is 2.42 bits per heavy atom. The van der Waals surface area contributed by atoms with Crippen LogP contribution in [0.4, 0.5) is 0 Å². The van der Waals surface area contributed by atoms with Gasteiger partial charge in [0.2, 0.25) is 0 Å². The number of carbonyl (C=O) groups is 1. The van der Waals surface area contributed by atoms with Crippen molar-refractivity contribution >= 4 is 26.7 Å². The van der Waals surface area contributed by atoms with Gasteiger partial charge in [-0.1, -0.05) is 36.4 Å². The second kappa shape index (κ2) is 6.37. The van der Waals surface area contributed by atoms with E-state index in [2.05, 4.69) is 0 Å². The van der Waals surface area contributed by atoms with Crippen LogP contribution in [0.25, 0.3) is 10.9 Å². The second-order valence-electron chi connectivity index (χ2n) is 6.63. The van der Waals surface area contributed by atoms with Crippen molar-refractivity contribution in [3.05, 3.63) is 66.4 Å². The number of carbonyl (C=O) groups excluding carboxylic acids is 1. The predicted molar refractivity (Wildman–Crippen MR) is 98.3 cm³/mol. The fourth-order valence-corrected chi connectivity index (χ4v) is 5.11. The van der Waals surface area contributed by atoms with Crippen molar-refractivity contribution < 1.29 is 18.3 Å². The zero-order valence-electron chi connectivity index (χ0n) is 14.1. The number of hydrogen-bond donors (Lipinski definition) is 1. The third-order valence-electron chi connectivity index (χ3n) is 5.06. The van der Waals surface area contributed by atoms with E-state index in [0.29, 0.717) is 29.3 Å². The SMILES string of the molecule is O=C1CCC[C@H]1[C@@H](O)c1cn(S(=O)(=O)c2ccccc2)c2ccccc12. The van der Waals surface area contributed by atoms with Gasteiger partial charge in [0, 0.05) is 29.5 Å². The fraction of sp³-hybridized carbons (Fsp3) is 0.250. The zero-order valence-corrected chi connectivity index (χ0v) is 14.9. The number of aromatic nitrogens is 1. The molecule has 0 aliphatic heterocycles. The average Bonchev–Trinajstić information content (AvgIpc) is 3.26. The van der Waals surface area contributed by atoms with Crippen LogP contribution in [0.5, 0.6) is 0 Å². The first-order valence-electron chi connectivity index (χ1n) is 8.61. The number of para-hydroxylation sites is 1. The number of ketones is 1. The normalized spacial score (nSPS) is 19.1. The van der Waals surface area contributed by atoms with Crippen LogP contribution >= 0.6 is 0 Å². The zero-order chi connectivity index (χ0) is 18.3. The third-order valence-corrected chi connectivity index (χ3v) is 6.75. The summed E-state index contributed by atoms with van der Waals surface area (Å²) in [5.41, 5.74) is 0.983. The van der Waals surface area contributed by atoms with Crippen molar-refractivity contribution in [1.29, 1.82) is 0 Å². The van der Waals surface area contributed by atoms with E-state index >= 15 is 0 Å². The molecule has 134 valence electrons. The molecule has 1 saturated carbocycles. The fourth-order valence-electron chi connectivity index (χ4n) is 3.71. The van der Waals surface area contributed by atoms with Crippen LogP contribution in [-0.2, 0) is 14.8 Å². The minimum Gasteiger partial charge on any atom is -0.388 e. The quantitative estimate of drug-likeness (QED) is 0.766. The molecule has 0 spiro atoms. The van der Waals surface area contributed by atoms with Crippen molar-refractivity contribution in [1.82, 2.24) is 3.97 Å². The van der Waals surface area contributed by atoms with Gasteiger partial charge in [0.25, 0.3) is 10.0 Å². The molecule has 2 atom stereocenters. The molecule has 1 aromatic heterocycles. The highest BCUT2D eigenvalue weighted by Crippen LogP contribution is 2.38. The van der Waals surface area contributed by atoms with Crippen LogP contribution < -0.4 is 0 Å². The summed E-state index contributed by atoms with van der Waals surface area (Å²) in [6.07, 6.45) is 2.33. The molecule has 0 radical (unpaired) electrons. The van der Waals surface area contributed by atoms with Crippen molar-refractivity contribution in [3.63, 3.8) is 0 Å². The van der Waals surface area contributed by atoms with E-state index in [4.69, 9.17) is 0 Å². The number of benzene rings is 2. The van der Waals surface area contributed by atoms with Gasteiger partial charge in [0.1, 0.15) is 5.78 Å². The Kier molecular flexibility index (Phi) is 4.17. The lowest BCUT2D eigenvalue weighted by molar-refractivity contribution is -0.123. The standard InChI is InChI=1S/C20H19NO4S/c22-19-12-6-10-16(19)20(23)17-13-21(18-11-5-4-9-15(17)18)26(24,25)14-7-2-1-3-8-14/h1-5,7-9,11,13,16,20,23H,6,10,12H2/t16-,20-/m1/s1. The van der Waals surface area contributed by atoms with Crippen molar-refractivity contribution in [2.75, 3.05) is 0 Å². The first-order valence-corrected chi connectivity index (χ1v) is 10.1. The molecule has 3 aromatic rings. The Labute approximate surface area is 151 Å². The highest BCUT2D eigenvalue weighted by molar-refractivity contribution is 7.90. The summed E-state index contributed by atoms with van der Waals surface area (Å²) < 4.78 is 27.4. The number of aliphatic hydroxyl groups is 1. The van der Waals surface area contributed by atoms with Crippen LogP contribution in [0, 0.1) is 5.92 Å². The molecule has 26 heavy (non-hydrogen) atoms. The lowest BCUT2D eigenvalue weighted by Crippen LogP contribution is -2.17. The van der Waals surface area contributed by atoms with E-state index in [-0.39, 0.29) is 10.7 Å². The van der Waals surface area contributed by atoms with Crippen molar-refractivity contribution in [3.8, 4) is 0 Å². The topological polar surface area (TPSA) is 76.4 Å². The van der Waals surface area contributed by atoms with E-state index in [1.54, 1.807) is 54.6 Å². The smallest absolute Gasteiger partial charge is 0.268 e. The van der Waals surface area contributed by atoms with Gasteiger partial charge in [-0.15, -0.1) is 0 Å². The molecule has 2 aromatic carbocycles. The summed E-state index contributed by atoms with van der Waals surface area (Å²) >= 11 is 0. The molecule has 1 aliphatic rings. The minimum atomic E-state index is -3.79. The largest absolute Gasteiger partial charge is 0.388 e. The summed E-state index contributed by atoms with van der Waals surface area (Å²) in [5.74, 6) is -0.422. The summed E-state index contributed by atoms with van der Waals surface area (Å²) in [4.78, 5) is 12.2. The number of Topliss-reactive ketones (excluding diaryl/α,β-unsaturated/α-hetero) is 1. The van der Waals surface area contributed by atoms with Crippen LogP contribution in [0.3, 0.4) is 0 Å². The summed E-state index contributed by atoms with van der Waals surface area (Å²) in [6.45, 7) is 0. The molecule has 1 heterocycles. The number of rotatable bonds is 4. The predicted octanol–water partition coefficient (Wildman–Crippen LogP) is 3.28. The Morgan fingerprint density at radius 1 is 1.04 bits per heavy atom. The lowest BCUT2D eigenvalue weighted by atomic mass is 9.93. The van der Waals surface area contributed by atoms with E-state index in [9.17, 15) is 18.3 Å². The minimum absolute atomic E-state index is 0.0419. The van der Waals surface area contributed by atoms with Crippen LogP contribution in [-0.4, -0.2) is 23.3 Å². The van der Waals surface area contributed by atoms with E-state index < -0.39 is 22.0 Å².